The average molecular weight is 368 g/mol. The van der Waals surface area contributed by atoms with Crippen LogP contribution in [-0.4, -0.2) is 35.2 Å². The van der Waals surface area contributed by atoms with Gasteiger partial charge >= 0.3 is 6.09 Å². The minimum Gasteiger partial charge on any atom is -0.444 e. The highest BCUT2D eigenvalue weighted by atomic mass is 35.5. The Bertz CT molecular complexity index is 613. The summed E-state index contributed by atoms with van der Waals surface area (Å²) in [5, 5.41) is 3.63. The largest absolute Gasteiger partial charge is 0.444 e. The van der Waals surface area contributed by atoms with Crippen LogP contribution in [0.25, 0.3) is 0 Å². The summed E-state index contributed by atoms with van der Waals surface area (Å²) in [6.45, 7) is 10.8. The Morgan fingerprint density at radius 2 is 2.12 bits per heavy atom. The number of alkyl carbamates (subject to hydrolysis) is 1. The first-order valence-electron chi connectivity index (χ1n) is 8.93. The van der Waals surface area contributed by atoms with Crippen molar-refractivity contribution in [3.63, 3.8) is 0 Å². The number of ether oxygens (including phenoxy) is 1. The molecule has 0 aromatic carbocycles. The maximum atomic E-state index is 12.3. The lowest BCUT2D eigenvalue weighted by atomic mass is 9.93. The van der Waals surface area contributed by atoms with E-state index in [0.29, 0.717) is 5.02 Å². The highest BCUT2D eigenvalue weighted by Crippen LogP contribution is 2.36. The highest BCUT2D eigenvalue weighted by molar-refractivity contribution is 6.30. The third-order valence-corrected chi connectivity index (χ3v) is 4.64. The zero-order valence-corrected chi connectivity index (χ0v) is 16.9. The number of nitrogens with zero attached hydrogens (tertiary/aromatic N) is 2. The molecule has 0 aliphatic carbocycles. The van der Waals surface area contributed by atoms with E-state index in [-0.39, 0.29) is 18.0 Å². The van der Waals surface area contributed by atoms with Gasteiger partial charge in [0.15, 0.2) is 0 Å². The van der Waals surface area contributed by atoms with E-state index >= 15 is 0 Å². The molecule has 0 radical (unpaired) electrons. The molecule has 1 aliphatic rings. The van der Waals surface area contributed by atoms with Gasteiger partial charge in [-0.1, -0.05) is 25.4 Å². The van der Waals surface area contributed by atoms with Crippen molar-refractivity contribution in [3.8, 4) is 0 Å². The highest BCUT2D eigenvalue weighted by Gasteiger charge is 2.31. The lowest BCUT2D eigenvalue weighted by Crippen LogP contribution is -2.38. The quantitative estimate of drug-likeness (QED) is 0.836. The van der Waals surface area contributed by atoms with Gasteiger partial charge < -0.3 is 10.1 Å². The molecule has 1 amide bonds. The van der Waals surface area contributed by atoms with Gasteiger partial charge in [-0.3, -0.25) is 9.88 Å². The van der Waals surface area contributed by atoms with E-state index in [1.54, 1.807) is 6.20 Å². The number of amides is 1. The second-order valence-electron chi connectivity index (χ2n) is 8.13. The predicted octanol–water partition coefficient (Wildman–Crippen LogP) is 4.72. The normalized spacial score (nSPS) is 19.9. The van der Waals surface area contributed by atoms with Gasteiger partial charge in [0.25, 0.3) is 0 Å². The molecule has 2 unspecified atom stereocenters. The Hall–Kier alpha value is -1.33. The van der Waals surface area contributed by atoms with E-state index in [1.807, 2.05) is 26.8 Å². The molecule has 140 valence electrons. The number of halogens is 1. The summed E-state index contributed by atoms with van der Waals surface area (Å²) in [5.74, 6) is 0.173. The summed E-state index contributed by atoms with van der Waals surface area (Å²) in [6, 6.07) is 2.04. The molecule has 1 saturated heterocycles. The van der Waals surface area contributed by atoms with Crippen LogP contribution in [0.5, 0.6) is 0 Å². The predicted molar refractivity (Wildman–Crippen MR) is 101 cm³/mol. The Labute approximate surface area is 156 Å². The summed E-state index contributed by atoms with van der Waals surface area (Å²) >= 11 is 6.23. The van der Waals surface area contributed by atoms with Crippen molar-refractivity contribution in [2.24, 2.45) is 5.92 Å². The van der Waals surface area contributed by atoms with Crippen molar-refractivity contribution in [2.45, 2.75) is 65.1 Å². The van der Waals surface area contributed by atoms with Gasteiger partial charge in [-0.2, -0.15) is 0 Å². The molecule has 2 rings (SSSR count). The van der Waals surface area contributed by atoms with E-state index in [0.717, 1.165) is 30.6 Å². The molecule has 1 aromatic heterocycles. The molecule has 1 aliphatic heterocycles. The number of hydrogen-bond donors (Lipinski definition) is 1. The minimum atomic E-state index is -0.534. The smallest absolute Gasteiger partial charge is 0.408 e. The van der Waals surface area contributed by atoms with E-state index in [1.165, 1.54) is 0 Å². The molecule has 5 nitrogen and oxygen atoms in total. The van der Waals surface area contributed by atoms with Crippen LogP contribution < -0.4 is 5.32 Å². The number of aromatic nitrogens is 1. The van der Waals surface area contributed by atoms with E-state index < -0.39 is 11.7 Å². The molecule has 1 aromatic rings. The molecule has 1 fully saturated rings. The zero-order chi connectivity index (χ0) is 18.8. The van der Waals surface area contributed by atoms with Crippen LogP contribution in [0.3, 0.4) is 0 Å². The first-order chi connectivity index (χ1) is 11.6. The Kier molecular flexibility index (Phi) is 6.33. The first kappa shape index (κ1) is 20.0. The fourth-order valence-corrected chi connectivity index (χ4v) is 3.45. The van der Waals surface area contributed by atoms with Crippen LogP contribution in [0.1, 0.15) is 70.8 Å². The number of rotatable bonds is 4. The van der Waals surface area contributed by atoms with Crippen LogP contribution in [-0.2, 0) is 4.74 Å². The molecule has 25 heavy (non-hydrogen) atoms. The maximum Gasteiger partial charge on any atom is 0.408 e. The van der Waals surface area contributed by atoms with Crippen LogP contribution in [0.2, 0.25) is 5.02 Å². The number of carbonyl (C=O) groups excluding carboxylic acids is 1. The Morgan fingerprint density at radius 1 is 1.44 bits per heavy atom. The summed E-state index contributed by atoms with van der Waals surface area (Å²) in [7, 11) is 2.12. The standard InChI is InChI=1S/C19H30ClN3O2/c1-12(2)16(22-18(24)25-19(3,4)5)17-14(10-13(20)11-21-17)15-8-7-9-23(15)6/h10-12,15-16H,7-9H2,1-6H3,(H,22,24). The third-order valence-electron chi connectivity index (χ3n) is 4.43. The van der Waals surface area contributed by atoms with Gasteiger partial charge in [-0.25, -0.2) is 4.79 Å². The summed E-state index contributed by atoms with van der Waals surface area (Å²) in [4.78, 5) is 19.2. The lowest BCUT2D eigenvalue weighted by Gasteiger charge is -2.29. The number of hydrogen-bond acceptors (Lipinski definition) is 4. The average Bonchev–Trinajstić information content (AvgIpc) is 2.89. The molecule has 2 heterocycles. The van der Waals surface area contributed by atoms with Crippen molar-refractivity contribution >= 4 is 17.7 Å². The minimum absolute atomic E-state index is 0.173. The van der Waals surface area contributed by atoms with Crippen LogP contribution in [0.15, 0.2) is 12.3 Å². The van der Waals surface area contributed by atoms with E-state index in [9.17, 15) is 4.79 Å². The van der Waals surface area contributed by atoms with Gasteiger partial charge in [-0.05, 0) is 64.8 Å². The molecule has 0 bridgehead atoms. The number of pyridine rings is 1. The second kappa shape index (κ2) is 7.92. The van der Waals surface area contributed by atoms with Crippen LogP contribution >= 0.6 is 11.6 Å². The molecule has 0 spiro atoms. The molecular weight excluding hydrogens is 338 g/mol. The SMILES string of the molecule is CC(C)C(NC(=O)OC(C)(C)C)c1ncc(Cl)cc1C1CCCN1C. The van der Waals surface area contributed by atoms with Gasteiger partial charge in [0, 0.05) is 12.2 Å². The number of likely N-dealkylation sites (tertiary alicyclic amines) is 1. The van der Waals surface area contributed by atoms with Crippen LogP contribution in [0, 0.1) is 5.92 Å². The van der Waals surface area contributed by atoms with Gasteiger partial charge in [-0.15, -0.1) is 0 Å². The summed E-state index contributed by atoms with van der Waals surface area (Å²) < 4.78 is 5.44. The lowest BCUT2D eigenvalue weighted by molar-refractivity contribution is 0.0487. The summed E-state index contributed by atoms with van der Waals surface area (Å²) in [5.41, 5.74) is 1.44. The number of nitrogens with one attached hydrogen (secondary N) is 1. The van der Waals surface area contributed by atoms with Gasteiger partial charge in [0.1, 0.15) is 5.60 Å². The van der Waals surface area contributed by atoms with Gasteiger partial charge in [0.2, 0.25) is 0 Å². The van der Waals surface area contributed by atoms with E-state index in [4.69, 9.17) is 16.3 Å². The van der Waals surface area contributed by atoms with Crippen molar-refractivity contribution in [1.82, 2.24) is 15.2 Å². The van der Waals surface area contributed by atoms with E-state index in [2.05, 4.69) is 36.1 Å². The molecule has 0 saturated carbocycles. The van der Waals surface area contributed by atoms with Crippen molar-refractivity contribution in [3.05, 3.63) is 28.5 Å². The zero-order valence-electron chi connectivity index (χ0n) is 16.1. The third kappa shape index (κ3) is 5.32. The topological polar surface area (TPSA) is 54.5 Å². The maximum absolute atomic E-state index is 12.3. The van der Waals surface area contributed by atoms with Crippen molar-refractivity contribution in [2.75, 3.05) is 13.6 Å². The molecule has 2 atom stereocenters. The summed E-state index contributed by atoms with van der Waals surface area (Å²) in [6.07, 6.45) is 3.46. The van der Waals surface area contributed by atoms with Crippen molar-refractivity contribution < 1.29 is 9.53 Å². The monoisotopic (exact) mass is 367 g/mol. The second-order valence-corrected chi connectivity index (χ2v) is 8.57. The first-order valence-corrected chi connectivity index (χ1v) is 9.31. The fraction of sp³-hybridized carbons (Fsp3) is 0.684. The fourth-order valence-electron chi connectivity index (χ4n) is 3.28. The Morgan fingerprint density at radius 3 is 2.64 bits per heavy atom. The Balaban J connectivity index is 2.33. The van der Waals surface area contributed by atoms with Gasteiger partial charge in [0.05, 0.1) is 16.8 Å². The molecule has 6 heteroatoms. The van der Waals surface area contributed by atoms with Crippen LogP contribution in [0.4, 0.5) is 4.79 Å². The van der Waals surface area contributed by atoms with Crippen molar-refractivity contribution in [1.29, 1.82) is 0 Å². The molecular formula is C19H30ClN3O2. The number of carbonyl (C=O) groups is 1. The molecule has 1 N–H and O–H groups in total.